The van der Waals surface area contributed by atoms with Crippen LogP contribution in [0.15, 0.2) is 71.2 Å². The zero-order valence-electron chi connectivity index (χ0n) is 24.2. The van der Waals surface area contributed by atoms with E-state index in [1.54, 1.807) is 18.2 Å². The third-order valence-corrected chi connectivity index (χ3v) is 8.87. The van der Waals surface area contributed by atoms with Gasteiger partial charge in [-0.25, -0.2) is 4.79 Å². The molecule has 0 saturated carbocycles. The molecule has 2 N–H and O–H groups in total. The van der Waals surface area contributed by atoms with Crippen molar-refractivity contribution in [1.82, 2.24) is 15.1 Å². The summed E-state index contributed by atoms with van der Waals surface area (Å²) in [6.07, 6.45) is -1.87. The van der Waals surface area contributed by atoms with E-state index in [2.05, 4.69) is 79.6 Å². The minimum absolute atomic E-state index is 0.107. The highest BCUT2D eigenvalue weighted by Crippen LogP contribution is 2.30. The molecule has 3 aromatic carbocycles. The number of carbonyl (C=O) groups excluding carboxylic acids is 1. The van der Waals surface area contributed by atoms with Gasteiger partial charge >= 0.3 is 12.1 Å². The maximum Gasteiger partial charge on any atom is 0.490 e. The highest BCUT2D eigenvalue weighted by molar-refractivity contribution is 9.10. The standard InChI is InChI=1S/C30H32BrCl2N3O2.C2HF3O2/c31-26-16-22(19-36-13-10-24(20-36)34-30(37)23-7-8-27(32)28(33)17-23)6-9-29(26)38-25-11-14-35(15-12-25)18-21-4-2-1-3-5-21;3-2(4,5)1(6)7/h1-9,16-17,24-25H,10-15,18-20H2,(H,34,37);(H,6,7)/t24-;/m0./s1. The number of aliphatic carboxylic acids is 1. The van der Waals surface area contributed by atoms with Gasteiger partial charge in [0.25, 0.3) is 5.91 Å². The van der Waals surface area contributed by atoms with Gasteiger partial charge in [-0.15, -0.1) is 0 Å². The predicted octanol–water partition coefficient (Wildman–Crippen LogP) is 7.44. The summed E-state index contributed by atoms with van der Waals surface area (Å²) in [4.78, 5) is 26.4. The van der Waals surface area contributed by atoms with Crippen molar-refractivity contribution in [2.45, 2.75) is 50.7 Å². The lowest BCUT2D eigenvalue weighted by molar-refractivity contribution is -0.192. The Morgan fingerprint density at radius 1 is 0.889 bits per heavy atom. The Morgan fingerprint density at radius 3 is 2.16 bits per heavy atom. The second-order valence-corrected chi connectivity index (χ2v) is 12.6. The minimum atomic E-state index is -5.08. The normalized spacial score (nSPS) is 17.8. The van der Waals surface area contributed by atoms with E-state index < -0.39 is 12.1 Å². The van der Waals surface area contributed by atoms with Crippen LogP contribution in [0, 0.1) is 0 Å². The molecule has 1 amide bonds. The molecule has 242 valence electrons. The number of rotatable bonds is 8. The number of amides is 1. The van der Waals surface area contributed by atoms with E-state index in [1.165, 1.54) is 11.1 Å². The summed E-state index contributed by atoms with van der Waals surface area (Å²) in [5.74, 6) is -1.97. The van der Waals surface area contributed by atoms with Gasteiger partial charge in [0.15, 0.2) is 0 Å². The number of carboxylic acid groups (broad SMARTS) is 1. The molecule has 5 rings (SSSR count). The second-order valence-electron chi connectivity index (χ2n) is 11.0. The zero-order chi connectivity index (χ0) is 32.6. The number of likely N-dealkylation sites (tertiary alicyclic amines) is 2. The van der Waals surface area contributed by atoms with E-state index in [0.29, 0.717) is 15.6 Å². The number of hydrogen-bond donors (Lipinski definition) is 2. The van der Waals surface area contributed by atoms with E-state index in [0.717, 1.165) is 68.8 Å². The van der Waals surface area contributed by atoms with Crippen LogP contribution in [-0.2, 0) is 17.9 Å². The first-order valence-electron chi connectivity index (χ1n) is 14.4. The van der Waals surface area contributed by atoms with Gasteiger partial charge in [0.1, 0.15) is 11.9 Å². The zero-order valence-corrected chi connectivity index (χ0v) is 27.3. The second kappa shape index (κ2) is 16.1. The highest BCUT2D eigenvalue weighted by Gasteiger charge is 2.38. The maximum atomic E-state index is 12.6. The Hall–Kier alpha value is -2.83. The molecule has 13 heteroatoms. The van der Waals surface area contributed by atoms with Crippen LogP contribution in [0.25, 0.3) is 0 Å². The molecule has 3 aromatic rings. The fourth-order valence-corrected chi connectivity index (χ4v) is 6.02. The molecular weight excluding hydrogens is 698 g/mol. The summed E-state index contributed by atoms with van der Waals surface area (Å²) in [6, 6.07) is 22.1. The van der Waals surface area contributed by atoms with Crippen LogP contribution in [0.1, 0.15) is 40.7 Å². The molecule has 2 aliphatic heterocycles. The Bertz CT molecular complexity index is 1460. The van der Waals surface area contributed by atoms with Gasteiger partial charge in [0.05, 0.1) is 14.5 Å². The first kappa shape index (κ1) is 35.0. The topological polar surface area (TPSA) is 82.1 Å². The smallest absolute Gasteiger partial charge is 0.489 e. The van der Waals surface area contributed by atoms with Crippen LogP contribution in [0.3, 0.4) is 0 Å². The Labute approximate surface area is 278 Å². The number of nitrogens with one attached hydrogen (secondary N) is 1. The molecule has 0 aliphatic carbocycles. The van der Waals surface area contributed by atoms with Crippen molar-refractivity contribution >= 4 is 51.0 Å². The molecule has 2 heterocycles. The van der Waals surface area contributed by atoms with Gasteiger partial charge in [-0.2, -0.15) is 13.2 Å². The molecule has 7 nitrogen and oxygen atoms in total. The van der Waals surface area contributed by atoms with Crippen molar-refractivity contribution in [3.8, 4) is 5.75 Å². The highest BCUT2D eigenvalue weighted by atomic mass is 79.9. The molecule has 0 spiro atoms. The van der Waals surface area contributed by atoms with Crippen molar-refractivity contribution in [1.29, 1.82) is 0 Å². The summed E-state index contributed by atoms with van der Waals surface area (Å²) in [5, 5.41) is 11.1. The predicted molar refractivity (Wildman–Crippen MR) is 171 cm³/mol. The summed E-state index contributed by atoms with van der Waals surface area (Å²) in [7, 11) is 0. The van der Waals surface area contributed by atoms with Crippen LogP contribution >= 0.6 is 39.1 Å². The summed E-state index contributed by atoms with van der Waals surface area (Å²) >= 11 is 15.8. The average molecular weight is 731 g/mol. The number of benzene rings is 3. The lowest BCUT2D eigenvalue weighted by Gasteiger charge is -2.32. The number of ether oxygens (including phenoxy) is 1. The number of alkyl halides is 3. The van der Waals surface area contributed by atoms with E-state index in [1.807, 2.05) is 0 Å². The first-order valence-corrected chi connectivity index (χ1v) is 15.9. The van der Waals surface area contributed by atoms with Crippen LogP contribution in [0.2, 0.25) is 10.0 Å². The largest absolute Gasteiger partial charge is 0.490 e. The Kier molecular flexibility index (Phi) is 12.6. The van der Waals surface area contributed by atoms with E-state index in [-0.39, 0.29) is 18.1 Å². The number of halogens is 6. The fraction of sp³-hybridized carbons (Fsp3) is 0.375. The molecule has 0 radical (unpaired) electrons. The Balaban J connectivity index is 0.000000591. The van der Waals surface area contributed by atoms with Crippen molar-refractivity contribution in [3.05, 3.63) is 97.9 Å². The van der Waals surface area contributed by atoms with Gasteiger partial charge in [0.2, 0.25) is 0 Å². The quantitative estimate of drug-likeness (QED) is 0.251. The fourth-order valence-electron chi connectivity index (χ4n) is 5.20. The molecule has 0 unspecified atom stereocenters. The van der Waals surface area contributed by atoms with E-state index in [4.69, 9.17) is 37.8 Å². The number of piperidine rings is 1. The number of hydrogen-bond acceptors (Lipinski definition) is 5. The molecule has 2 saturated heterocycles. The van der Waals surface area contributed by atoms with Crippen LogP contribution in [0.5, 0.6) is 5.75 Å². The summed E-state index contributed by atoms with van der Waals surface area (Å²) in [6.45, 7) is 5.67. The third-order valence-electron chi connectivity index (χ3n) is 7.51. The van der Waals surface area contributed by atoms with Crippen LogP contribution < -0.4 is 10.1 Å². The molecule has 0 aromatic heterocycles. The van der Waals surface area contributed by atoms with Gasteiger partial charge in [-0.3, -0.25) is 14.6 Å². The molecule has 1 atom stereocenters. The average Bonchev–Trinajstić information content (AvgIpc) is 3.43. The van der Waals surface area contributed by atoms with Gasteiger partial charge in [-0.1, -0.05) is 59.6 Å². The molecule has 45 heavy (non-hydrogen) atoms. The van der Waals surface area contributed by atoms with Crippen molar-refractivity contribution in [2.75, 3.05) is 26.2 Å². The third kappa shape index (κ3) is 10.9. The number of carbonyl (C=O) groups is 2. The lowest BCUT2D eigenvalue weighted by Crippen LogP contribution is -2.37. The van der Waals surface area contributed by atoms with Crippen molar-refractivity contribution < 1.29 is 32.6 Å². The number of carboxylic acids is 1. The minimum Gasteiger partial charge on any atom is -0.489 e. The summed E-state index contributed by atoms with van der Waals surface area (Å²) < 4.78 is 39.1. The first-order chi connectivity index (χ1) is 21.4. The molecule has 2 fully saturated rings. The van der Waals surface area contributed by atoms with Gasteiger partial charge < -0.3 is 15.2 Å². The van der Waals surface area contributed by atoms with Gasteiger partial charge in [-0.05, 0) is 76.7 Å². The molecular formula is C32H33BrCl2F3N3O4. The van der Waals surface area contributed by atoms with Crippen LogP contribution in [-0.4, -0.2) is 71.3 Å². The Morgan fingerprint density at radius 2 is 1.53 bits per heavy atom. The summed E-state index contributed by atoms with van der Waals surface area (Å²) in [5.41, 5.74) is 3.11. The van der Waals surface area contributed by atoms with Crippen molar-refractivity contribution in [2.24, 2.45) is 0 Å². The monoisotopic (exact) mass is 729 g/mol. The number of nitrogens with zero attached hydrogens (tertiary/aromatic N) is 2. The lowest BCUT2D eigenvalue weighted by atomic mass is 10.1. The van der Waals surface area contributed by atoms with Crippen LogP contribution in [0.4, 0.5) is 13.2 Å². The van der Waals surface area contributed by atoms with Crippen molar-refractivity contribution in [3.63, 3.8) is 0 Å². The SMILES string of the molecule is O=C(N[C@H]1CCN(Cc2ccc(OC3CCN(Cc4ccccc4)CC3)c(Br)c2)C1)c1ccc(Cl)c(Cl)c1.O=C(O)C(F)(F)F. The molecule has 2 aliphatic rings. The van der Waals surface area contributed by atoms with E-state index >= 15 is 0 Å². The molecule has 0 bridgehead atoms. The van der Waals surface area contributed by atoms with Gasteiger partial charge in [0, 0.05) is 50.9 Å². The maximum absolute atomic E-state index is 12.6. The van der Waals surface area contributed by atoms with E-state index in [9.17, 15) is 18.0 Å².